The summed E-state index contributed by atoms with van der Waals surface area (Å²) >= 11 is 7.64. The molecule has 2 saturated heterocycles. The first-order valence-electron chi connectivity index (χ1n) is 10.0. The summed E-state index contributed by atoms with van der Waals surface area (Å²) in [6, 6.07) is 1.84. The van der Waals surface area contributed by atoms with Gasteiger partial charge in [-0.3, -0.25) is 0 Å². The molecule has 2 aliphatic heterocycles. The number of aryl methyl sites for hydroxylation is 1. The second kappa shape index (κ2) is 8.47. The Bertz CT molecular complexity index is 938. The first kappa shape index (κ1) is 21.6. The van der Waals surface area contributed by atoms with Crippen molar-refractivity contribution in [2.45, 2.75) is 55.4 Å². The molecule has 1 spiro atoms. The summed E-state index contributed by atoms with van der Waals surface area (Å²) in [7, 11) is 0. The summed E-state index contributed by atoms with van der Waals surface area (Å²) in [5.74, 6) is 1.01. The minimum absolute atomic E-state index is 0.0333. The standard InChI is InChI=1S/C20H27ClN6O2S/c1-11-19(30-14-3-6-24-17(23)15(14)21)26-13(9-28)18(25-11)27-7-4-20(5-8-27)10-29-12(2)16(20)22/h3,6,12,16,28H,4-5,7-10,22H2,1-2H3,(H2,23,24)/t12?,16-/m1/s1. The quantitative estimate of drug-likeness (QED) is 0.643. The molecule has 4 heterocycles. The molecule has 2 aromatic heterocycles. The largest absolute Gasteiger partial charge is 0.390 e. The van der Waals surface area contributed by atoms with Crippen molar-refractivity contribution in [3.63, 3.8) is 0 Å². The Balaban J connectivity index is 1.55. The van der Waals surface area contributed by atoms with Gasteiger partial charge < -0.3 is 26.2 Å². The molecule has 2 aromatic rings. The van der Waals surface area contributed by atoms with Crippen LogP contribution in [0.5, 0.6) is 0 Å². The third-order valence-electron chi connectivity index (χ3n) is 6.22. The minimum atomic E-state index is -0.191. The molecular weight excluding hydrogens is 424 g/mol. The number of nitrogen functional groups attached to an aromatic ring is 1. The molecule has 0 saturated carbocycles. The van der Waals surface area contributed by atoms with Crippen LogP contribution in [-0.4, -0.2) is 51.9 Å². The predicted molar refractivity (Wildman–Crippen MR) is 118 cm³/mol. The number of aromatic nitrogens is 3. The van der Waals surface area contributed by atoms with Crippen molar-refractivity contribution in [1.82, 2.24) is 15.0 Å². The lowest BCUT2D eigenvalue weighted by molar-refractivity contribution is 0.0973. The highest BCUT2D eigenvalue weighted by molar-refractivity contribution is 7.99. The van der Waals surface area contributed by atoms with E-state index in [4.69, 9.17) is 32.8 Å². The Morgan fingerprint density at radius 2 is 2.10 bits per heavy atom. The van der Waals surface area contributed by atoms with E-state index in [-0.39, 0.29) is 30.0 Å². The van der Waals surface area contributed by atoms with E-state index >= 15 is 0 Å². The van der Waals surface area contributed by atoms with Crippen molar-refractivity contribution < 1.29 is 9.84 Å². The van der Waals surface area contributed by atoms with Gasteiger partial charge in [-0.05, 0) is 32.8 Å². The summed E-state index contributed by atoms with van der Waals surface area (Å²) in [6.45, 7) is 6.10. The smallest absolute Gasteiger partial charge is 0.153 e. The van der Waals surface area contributed by atoms with Crippen molar-refractivity contribution in [3.05, 3.63) is 28.7 Å². The molecule has 8 nitrogen and oxygen atoms in total. The van der Waals surface area contributed by atoms with Gasteiger partial charge >= 0.3 is 0 Å². The molecule has 10 heteroatoms. The van der Waals surface area contributed by atoms with Crippen LogP contribution in [0, 0.1) is 12.3 Å². The minimum Gasteiger partial charge on any atom is -0.390 e. The lowest BCUT2D eigenvalue weighted by atomic mass is 9.73. The van der Waals surface area contributed by atoms with Crippen molar-refractivity contribution in [2.75, 3.05) is 30.3 Å². The number of rotatable bonds is 4. The Morgan fingerprint density at radius 3 is 2.73 bits per heavy atom. The fourth-order valence-electron chi connectivity index (χ4n) is 4.24. The molecule has 162 valence electrons. The maximum Gasteiger partial charge on any atom is 0.153 e. The highest BCUT2D eigenvalue weighted by Crippen LogP contribution is 2.42. The summed E-state index contributed by atoms with van der Waals surface area (Å²) < 4.78 is 5.82. The van der Waals surface area contributed by atoms with E-state index in [1.165, 1.54) is 11.8 Å². The van der Waals surface area contributed by atoms with E-state index in [0.29, 0.717) is 22.3 Å². The lowest BCUT2D eigenvalue weighted by Crippen LogP contribution is -2.51. The molecule has 30 heavy (non-hydrogen) atoms. The Kier molecular flexibility index (Phi) is 6.09. The van der Waals surface area contributed by atoms with Crippen LogP contribution in [0.15, 0.2) is 22.2 Å². The monoisotopic (exact) mass is 450 g/mol. The number of pyridine rings is 1. The van der Waals surface area contributed by atoms with Crippen LogP contribution in [0.3, 0.4) is 0 Å². The summed E-state index contributed by atoms with van der Waals surface area (Å²) in [5.41, 5.74) is 13.6. The SMILES string of the molecule is Cc1nc(N2CCC3(CC2)COC(C)[C@H]3N)c(CO)nc1Sc1ccnc(N)c1Cl. The third kappa shape index (κ3) is 3.85. The number of aliphatic hydroxyl groups is 1. The van der Waals surface area contributed by atoms with Gasteiger partial charge in [-0.15, -0.1) is 0 Å². The zero-order valence-electron chi connectivity index (χ0n) is 17.1. The molecule has 5 N–H and O–H groups in total. The van der Waals surface area contributed by atoms with Crippen LogP contribution in [-0.2, 0) is 11.3 Å². The molecule has 0 amide bonds. The van der Waals surface area contributed by atoms with Crippen molar-refractivity contribution in [2.24, 2.45) is 11.1 Å². The summed E-state index contributed by atoms with van der Waals surface area (Å²) in [5, 5.41) is 11.1. The number of aliphatic hydroxyl groups excluding tert-OH is 1. The highest BCUT2D eigenvalue weighted by Gasteiger charge is 2.47. The van der Waals surface area contributed by atoms with Crippen molar-refractivity contribution in [3.8, 4) is 0 Å². The van der Waals surface area contributed by atoms with E-state index in [1.807, 2.05) is 13.8 Å². The van der Waals surface area contributed by atoms with E-state index in [9.17, 15) is 5.11 Å². The molecule has 0 aliphatic carbocycles. The van der Waals surface area contributed by atoms with Gasteiger partial charge in [0.25, 0.3) is 0 Å². The second-order valence-electron chi connectivity index (χ2n) is 8.04. The van der Waals surface area contributed by atoms with Crippen LogP contribution in [0.4, 0.5) is 11.6 Å². The molecule has 2 aliphatic rings. The summed E-state index contributed by atoms with van der Waals surface area (Å²) in [6.07, 6.45) is 3.58. The zero-order valence-corrected chi connectivity index (χ0v) is 18.7. The van der Waals surface area contributed by atoms with Crippen LogP contribution in [0.25, 0.3) is 0 Å². The number of hydrogen-bond acceptors (Lipinski definition) is 9. The van der Waals surface area contributed by atoms with E-state index in [1.54, 1.807) is 12.3 Å². The van der Waals surface area contributed by atoms with E-state index < -0.39 is 0 Å². The molecular formula is C20H27ClN6O2S. The van der Waals surface area contributed by atoms with Crippen LogP contribution >= 0.6 is 23.4 Å². The number of piperidine rings is 1. The average molecular weight is 451 g/mol. The fourth-order valence-corrected chi connectivity index (χ4v) is 5.35. The number of hydrogen-bond donors (Lipinski definition) is 3. The van der Waals surface area contributed by atoms with Gasteiger partial charge in [-0.2, -0.15) is 0 Å². The second-order valence-corrected chi connectivity index (χ2v) is 9.45. The van der Waals surface area contributed by atoms with E-state index in [0.717, 1.165) is 42.3 Å². The van der Waals surface area contributed by atoms with Gasteiger partial charge in [0.15, 0.2) is 5.82 Å². The van der Waals surface area contributed by atoms with Gasteiger partial charge in [0, 0.05) is 35.6 Å². The van der Waals surface area contributed by atoms with Crippen molar-refractivity contribution >= 4 is 35.0 Å². The Labute approximate surface area is 185 Å². The highest BCUT2D eigenvalue weighted by atomic mass is 35.5. The Hall–Kier alpha value is -1.65. The van der Waals surface area contributed by atoms with Gasteiger partial charge in [0.05, 0.1) is 30.0 Å². The molecule has 0 radical (unpaired) electrons. The normalized spacial score (nSPS) is 23.3. The van der Waals surface area contributed by atoms with Crippen molar-refractivity contribution in [1.29, 1.82) is 0 Å². The van der Waals surface area contributed by atoms with Gasteiger partial charge in [-0.25, -0.2) is 15.0 Å². The number of nitrogens with two attached hydrogens (primary N) is 2. The first-order chi connectivity index (χ1) is 14.3. The van der Waals surface area contributed by atoms with Crippen LogP contribution < -0.4 is 16.4 Å². The van der Waals surface area contributed by atoms with Gasteiger partial charge in [-0.1, -0.05) is 23.4 Å². The fraction of sp³-hybridized carbons (Fsp3) is 0.550. The van der Waals surface area contributed by atoms with E-state index in [2.05, 4.69) is 14.9 Å². The average Bonchev–Trinajstić information content (AvgIpc) is 3.01. The van der Waals surface area contributed by atoms with Crippen LogP contribution in [0.2, 0.25) is 5.02 Å². The maximum atomic E-state index is 9.98. The topological polar surface area (TPSA) is 123 Å². The third-order valence-corrected chi connectivity index (χ3v) is 7.87. The number of ether oxygens (including phenoxy) is 1. The zero-order chi connectivity index (χ0) is 21.5. The molecule has 2 fully saturated rings. The molecule has 0 aromatic carbocycles. The molecule has 4 rings (SSSR count). The lowest BCUT2D eigenvalue weighted by Gasteiger charge is -2.42. The molecule has 0 bridgehead atoms. The number of anilines is 2. The summed E-state index contributed by atoms with van der Waals surface area (Å²) in [4.78, 5) is 16.4. The van der Waals surface area contributed by atoms with Gasteiger partial charge in [0.1, 0.15) is 16.5 Å². The number of halogens is 1. The maximum absolute atomic E-state index is 9.98. The van der Waals surface area contributed by atoms with Gasteiger partial charge in [0.2, 0.25) is 0 Å². The Morgan fingerprint density at radius 1 is 1.37 bits per heavy atom. The first-order valence-corrected chi connectivity index (χ1v) is 11.2. The molecule has 2 atom stereocenters. The predicted octanol–water partition coefficient (Wildman–Crippen LogP) is 2.39. The van der Waals surface area contributed by atoms with Crippen LogP contribution in [0.1, 0.15) is 31.2 Å². The number of nitrogens with zero attached hydrogens (tertiary/aromatic N) is 4. The molecule has 1 unspecified atom stereocenters.